The number of hydrogen-bond donors (Lipinski definition) is 0. The third-order valence-electron chi connectivity index (χ3n) is 3.93. The first-order valence-corrected chi connectivity index (χ1v) is 13.9. The second kappa shape index (κ2) is 9.34. The molecule has 1 fully saturated rings. The van der Waals surface area contributed by atoms with Gasteiger partial charge in [0.1, 0.15) is 7.22 Å². The lowest BCUT2D eigenvalue weighted by molar-refractivity contribution is 0.202. The van der Waals surface area contributed by atoms with Gasteiger partial charge in [-0.05, 0) is 48.6 Å². The summed E-state index contributed by atoms with van der Waals surface area (Å²) in [5.41, 5.74) is 2.12. The van der Waals surface area contributed by atoms with Gasteiger partial charge < -0.3 is 4.74 Å². The molecule has 24 heavy (non-hydrogen) atoms. The first-order valence-electron chi connectivity index (χ1n) is 8.89. The van der Waals surface area contributed by atoms with E-state index >= 15 is 0 Å². The number of aryl methyl sites for hydroxylation is 1. The second-order valence-corrected chi connectivity index (χ2v) is 16.4. The third kappa shape index (κ3) is 7.59. The Morgan fingerprint density at radius 3 is 2.67 bits per heavy atom. The van der Waals surface area contributed by atoms with Crippen molar-refractivity contribution in [1.29, 1.82) is 0 Å². The predicted molar refractivity (Wildman–Crippen MR) is 110 cm³/mol. The summed E-state index contributed by atoms with van der Waals surface area (Å²) in [6.45, 7) is 9.72. The molecule has 1 aromatic rings. The predicted octanol–water partition coefficient (Wildman–Crippen LogP) is 6.15. The number of benzene rings is 1. The smallest absolute Gasteiger partial charge is 0.269 e. The summed E-state index contributed by atoms with van der Waals surface area (Å²) >= 11 is 1.75. The first-order chi connectivity index (χ1) is 11.4. The molecular formula is C20H29NOSSi. The lowest BCUT2D eigenvalue weighted by atomic mass is 9.90. The maximum absolute atomic E-state index is 6.02. The minimum Gasteiger partial charge on any atom is -0.471 e. The number of nitrogens with zero attached hydrogens (tertiary/aromatic N) is 1. The van der Waals surface area contributed by atoms with Crippen LogP contribution in [0.4, 0.5) is 5.69 Å². The summed E-state index contributed by atoms with van der Waals surface area (Å²) < 4.78 is 6.02. The highest BCUT2D eigenvalue weighted by atomic mass is 32.4. The van der Waals surface area contributed by atoms with Crippen LogP contribution in [0.25, 0.3) is 0 Å². The Morgan fingerprint density at radius 2 is 2.00 bits per heavy atom. The summed E-state index contributed by atoms with van der Waals surface area (Å²) in [5, 5.41) is 3.22. The molecule has 1 aliphatic rings. The summed E-state index contributed by atoms with van der Waals surface area (Å²) in [6, 6.07) is 8.17. The van der Waals surface area contributed by atoms with Crippen molar-refractivity contribution in [3.63, 3.8) is 0 Å². The second-order valence-electron chi connectivity index (χ2n) is 7.51. The highest BCUT2D eigenvalue weighted by molar-refractivity contribution is 8.32. The fourth-order valence-electron chi connectivity index (χ4n) is 2.68. The van der Waals surface area contributed by atoms with E-state index in [4.69, 9.17) is 4.74 Å². The van der Waals surface area contributed by atoms with Crippen LogP contribution in [0.5, 0.6) is 0 Å². The van der Waals surface area contributed by atoms with E-state index in [-0.39, 0.29) is 0 Å². The highest BCUT2D eigenvalue weighted by Crippen LogP contribution is 2.24. The zero-order chi connectivity index (χ0) is 17.4. The molecule has 0 unspecified atom stereocenters. The lowest BCUT2D eigenvalue weighted by Gasteiger charge is -2.21. The molecule has 0 atom stereocenters. The molecular weight excluding hydrogens is 330 g/mol. The summed E-state index contributed by atoms with van der Waals surface area (Å²) in [6.07, 6.45) is 6.57. The molecule has 0 aromatic heterocycles. The molecule has 0 aliphatic heterocycles. The minimum atomic E-state index is -1.25. The van der Waals surface area contributed by atoms with Gasteiger partial charge in [0, 0.05) is 5.92 Å². The largest absolute Gasteiger partial charge is 0.471 e. The topological polar surface area (TPSA) is 21.6 Å². The van der Waals surface area contributed by atoms with Gasteiger partial charge in [0.25, 0.3) is 5.90 Å². The average molecular weight is 360 g/mol. The zero-order valence-corrected chi connectivity index (χ0v) is 17.2. The zero-order valence-electron chi connectivity index (χ0n) is 15.4. The SMILES string of the molecule is Cc1cccc(/N=C(/C#CS[Si](C)(C)C)OCC2CCCCC2)c1. The molecule has 0 amide bonds. The minimum absolute atomic E-state index is 0.567. The molecule has 1 aliphatic carbocycles. The van der Waals surface area contributed by atoms with Crippen LogP contribution in [-0.2, 0) is 4.74 Å². The van der Waals surface area contributed by atoms with E-state index in [0.29, 0.717) is 11.8 Å². The van der Waals surface area contributed by atoms with Crippen molar-refractivity contribution in [2.75, 3.05) is 6.61 Å². The van der Waals surface area contributed by atoms with E-state index < -0.39 is 7.22 Å². The Labute approximate surface area is 152 Å². The van der Waals surface area contributed by atoms with Gasteiger partial charge in [-0.1, -0.05) is 51.0 Å². The summed E-state index contributed by atoms with van der Waals surface area (Å²) in [5.74, 6) is 4.39. The molecule has 130 valence electrons. The Kier molecular flexibility index (Phi) is 7.45. The van der Waals surface area contributed by atoms with E-state index in [0.717, 1.165) is 12.3 Å². The van der Waals surface area contributed by atoms with Crippen molar-refractivity contribution < 1.29 is 4.74 Å². The monoisotopic (exact) mass is 359 g/mol. The van der Waals surface area contributed by atoms with Crippen molar-refractivity contribution in [2.24, 2.45) is 10.9 Å². The van der Waals surface area contributed by atoms with Crippen molar-refractivity contribution in [3.05, 3.63) is 29.8 Å². The summed E-state index contributed by atoms with van der Waals surface area (Å²) in [7, 11) is -1.25. The van der Waals surface area contributed by atoms with Crippen LogP contribution in [0, 0.1) is 24.0 Å². The molecule has 2 rings (SSSR count). The molecule has 2 nitrogen and oxygen atoms in total. The molecule has 0 bridgehead atoms. The molecule has 0 heterocycles. The van der Waals surface area contributed by atoms with Crippen LogP contribution in [0.3, 0.4) is 0 Å². The van der Waals surface area contributed by atoms with Crippen molar-refractivity contribution in [3.8, 4) is 11.2 Å². The maximum atomic E-state index is 6.02. The van der Waals surface area contributed by atoms with Gasteiger partial charge in [0.15, 0.2) is 0 Å². The van der Waals surface area contributed by atoms with E-state index in [9.17, 15) is 0 Å². The molecule has 4 heteroatoms. The van der Waals surface area contributed by atoms with E-state index in [2.05, 4.69) is 54.9 Å². The van der Waals surface area contributed by atoms with Gasteiger partial charge in [-0.3, -0.25) is 0 Å². The van der Waals surface area contributed by atoms with Gasteiger partial charge in [-0.2, -0.15) is 0 Å². The normalized spacial score (nSPS) is 16.4. The van der Waals surface area contributed by atoms with Gasteiger partial charge in [0.05, 0.1) is 12.3 Å². The standard InChI is InChI=1S/C20H29NOSSi/c1-17-9-8-12-19(15-17)21-20(13-14-23-24(2,3)4)22-16-18-10-6-5-7-11-18/h8-9,12,15,18H,5-7,10-11,16H2,1-4H3/b21-20-. The molecule has 0 N–H and O–H groups in total. The third-order valence-corrected chi connectivity index (χ3v) is 6.89. The molecule has 0 saturated heterocycles. The number of ether oxygens (including phenoxy) is 1. The van der Waals surface area contributed by atoms with Crippen molar-refractivity contribution in [2.45, 2.75) is 58.7 Å². The van der Waals surface area contributed by atoms with E-state index in [1.165, 1.54) is 37.7 Å². The Morgan fingerprint density at radius 1 is 1.25 bits per heavy atom. The van der Waals surface area contributed by atoms with Gasteiger partial charge in [-0.15, -0.1) is 11.2 Å². The Bertz CT molecular complexity index is 619. The Hall–Kier alpha value is -1.18. The molecule has 1 saturated carbocycles. The lowest BCUT2D eigenvalue weighted by Crippen LogP contribution is -2.16. The van der Waals surface area contributed by atoms with Gasteiger partial charge in [-0.25, -0.2) is 4.99 Å². The van der Waals surface area contributed by atoms with Gasteiger partial charge in [0.2, 0.25) is 0 Å². The van der Waals surface area contributed by atoms with Crippen molar-refractivity contribution in [1.82, 2.24) is 0 Å². The van der Waals surface area contributed by atoms with E-state index in [1.807, 2.05) is 12.1 Å². The molecule has 0 radical (unpaired) electrons. The van der Waals surface area contributed by atoms with Crippen LogP contribution >= 0.6 is 11.2 Å². The van der Waals surface area contributed by atoms with Gasteiger partial charge >= 0.3 is 0 Å². The Balaban J connectivity index is 2.07. The summed E-state index contributed by atoms with van der Waals surface area (Å²) in [4.78, 5) is 4.65. The quantitative estimate of drug-likeness (QED) is 0.278. The molecule has 0 spiro atoms. The van der Waals surface area contributed by atoms with Crippen LogP contribution in [0.1, 0.15) is 37.7 Å². The average Bonchev–Trinajstić information content (AvgIpc) is 2.52. The number of rotatable bonds is 4. The maximum Gasteiger partial charge on any atom is 0.269 e. The molecule has 1 aromatic carbocycles. The fourth-order valence-corrected chi connectivity index (χ4v) is 4.20. The fraction of sp³-hybridized carbons (Fsp3) is 0.550. The number of hydrogen-bond acceptors (Lipinski definition) is 3. The number of aliphatic imine (C=N–C) groups is 1. The van der Waals surface area contributed by atoms with Crippen LogP contribution < -0.4 is 0 Å². The van der Waals surface area contributed by atoms with Crippen LogP contribution in [-0.4, -0.2) is 19.7 Å². The van der Waals surface area contributed by atoms with Crippen LogP contribution in [0.15, 0.2) is 29.3 Å². The highest BCUT2D eigenvalue weighted by Gasteiger charge is 2.15. The van der Waals surface area contributed by atoms with Crippen molar-refractivity contribution >= 4 is 30.0 Å². The van der Waals surface area contributed by atoms with E-state index in [1.54, 1.807) is 11.2 Å². The first kappa shape index (κ1) is 19.1. The van der Waals surface area contributed by atoms with Crippen LogP contribution in [0.2, 0.25) is 19.6 Å².